The van der Waals surface area contributed by atoms with E-state index in [2.05, 4.69) is 32.3 Å². The van der Waals surface area contributed by atoms with Gasteiger partial charge in [-0.3, -0.25) is 0 Å². The van der Waals surface area contributed by atoms with Crippen LogP contribution in [0, 0.1) is 18.3 Å². The van der Waals surface area contributed by atoms with Gasteiger partial charge in [-0.05, 0) is 25.1 Å². The Morgan fingerprint density at radius 3 is 2.94 bits per heavy atom. The molecule has 1 aromatic carbocycles. The van der Waals surface area contributed by atoms with E-state index < -0.39 is 0 Å². The van der Waals surface area contributed by atoms with E-state index in [1.54, 1.807) is 23.6 Å². The molecule has 0 saturated carbocycles. The molecule has 0 amide bonds. The van der Waals surface area contributed by atoms with Gasteiger partial charge in [0.25, 0.3) is 0 Å². The fourth-order valence-corrected chi connectivity index (χ4v) is 2.28. The Labute approximate surface area is 106 Å². The van der Waals surface area contributed by atoms with Crippen LogP contribution in [-0.2, 0) is 0 Å². The number of nitrogens with one attached hydrogen (secondary N) is 1. The summed E-state index contributed by atoms with van der Waals surface area (Å²) in [5, 5.41) is 12.9. The van der Waals surface area contributed by atoms with E-state index in [9.17, 15) is 0 Å². The molecule has 1 heterocycles. The zero-order chi connectivity index (χ0) is 11.5. The Balaban J connectivity index is 2.34. The van der Waals surface area contributed by atoms with Gasteiger partial charge in [0.2, 0.25) is 0 Å². The second-order valence-corrected chi connectivity index (χ2v) is 5.35. The van der Waals surface area contributed by atoms with Crippen LogP contribution in [0.4, 0.5) is 10.8 Å². The van der Waals surface area contributed by atoms with Crippen molar-refractivity contribution in [1.29, 1.82) is 5.26 Å². The van der Waals surface area contributed by atoms with E-state index in [-0.39, 0.29) is 0 Å². The molecular formula is C11H8BrN3S. The van der Waals surface area contributed by atoms with E-state index in [1.807, 2.05) is 19.1 Å². The minimum atomic E-state index is 0.607. The summed E-state index contributed by atoms with van der Waals surface area (Å²) in [7, 11) is 0. The van der Waals surface area contributed by atoms with Crippen molar-refractivity contribution in [3.63, 3.8) is 0 Å². The highest BCUT2D eigenvalue weighted by molar-refractivity contribution is 9.10. The molecule has 0 aliphatic heterocycles. The third-order valence-electron chi connectivity index (χ3n) is 1.96. The third kappa shape index (κ3) is 2.40. The van der Waals surface area contributed by atoms with Gasteiger partial charge in [0.15, 0.2) is 5.13 Å². The van der Waals surface area contributed by atoms with Crippen LogP contribution in [0.3, 0.4) is 0 Å². The molecule has 0 fully saturated rings. The molecule has 0 atom stereocenters. The second kappa shape index (κ2) is 4.64. The molecule has 0 radical (unpaired) electrons. The summed E-state index contributed by atoms with van der Waals surface area (Å²) in [6.45, 7) is 2.00. The SMILES string of the molecule is Cc1cnc(Nc2cc(Br)ccc2C#N)s1. The largest absolute Gasteiger partial charge is 0.330 e. The number of anilines is 2. The normalized spacial score (nSPS) is 9.81. The zero-order valence-electron chi connectivity index (χ0n) is 8.49. The van der Waals surface area contributed by atoms with Crippen molar-refractivity contribution in [2.24, 2.45) is 0 Å². The van der Waals surface area contributed by atoms with Crippen LogP contribution in [0.2, 0.25) is 0 Å². The van der Waals surface area contributed by atoms with Gasteiger partial charge in [0, 0.05) is 15.5 Å². The molecule has 3 nitrogen and oxygen atoms in total. The van der Waals surface area contributed by atoms with Crippen molar-refractivity contribution in [2.75, 3.05) is 5.32 Å². The molecule has 0 unspecified atom stereocenters. The molecule has 0 spiro atoms. The summed E-state index contributed by atoms with van der Waals surface area (Å²) < 4.78 is 0.933. The van der Waals surface area contributed by atoms with Gasteiger partial charge in [-0.25, -0.2) is 4.98 Å². The smallest absolute Gasteiger partial charge is 0.187 e. The monoisotopic (exact) mass is 293 g/mol. The molecule has 0 saturated heterocycles. The summed E-state index contributed by atoms with van der Waals surface area (Å²) in [6.07, 6.45) is 1.80. The highest BCUT2D eigenvalue weighted by Gasteiger charge is 2.05. The highest BCUT2D eigenvalue weighted by atomic mass is 79.9. The van der Waals surface area contributed by atoms with Crippen LogP contribution in [0.1, 0.15) is 10.4 Å². The topological polar surface area (TPSA) is 48.7 Å². The lowest BCUT2D eigenvalue weighted by atomic mass is 10.2. The fourth-order valence-electron chi connectivity index (χ4n) is 1.25. The molecule has 2 aromatic rings. The number of hydrogen-bond acceptors (Lipinski definition) is 4. The highest BCUT2D eigenvalue weighted by Crippen LogP contribution is 2.26. The summed E-state index contributed by atoms with van der Waals surface area (Å²) in [4.78, 5) is 5.33. The minimum absolute atomic E-state index is 0.607. The van der Waals surface area contributed by atoms with E-state index >= 15 is 0 Å². The van der Waals surface area contributed by atoms with Crippen molar-refractivity contribution in [3.8, 4) is 6.07 Å². The van der Waals surface area contributed by atoms with E-state index in [0.29, 0.717) is 5.56 Å². The molecule has 5 heteroatoms. The maximum absolute atomic E-state index is 8.97. The number of aryl methyl sites for hydroxylation is 1. The second-order valence-electron chi connectivity index (χ2n) is 3.20. The van der Waals surface area contributed by atoms with Gasteiger partial charge < -0.3 is 5.32 Å². The van der Waals surface area contributed by atoms with Gasteiger partial charge in [0.1, 0.15) is 6.07 Å². The van der Waals surface area contributed by atoms with Crippen LogP contribution < -0.4 is 5.32 Å². The minimum Gasteiger partial charge on any atom is -0.330 e. The van der Waals surface area contributed by atoms with Crippen molar-refractivity contribution >= 4 is 38.1 Å². The third-order valence-corrected chi connectivity index (χ3v) is 3.29. The van der Waals surface area contributed by atoms with Crippen molar-refractivity contribution in [2.45, 2.75) is 6.92 Å². The molecule has 0 aliphatic carbocycles. The first-order valence-electron chi connectivity index (χ1n) is 4.58. The Morgan fingerprint density at radius 1 is 1.50 bits per heavy atom. The standard InChI is InChI=1S/C11H8BrN3S/c1-7-6-14-11(16-7)15-10-4-9(12)3-2-8(10)5-13/h2-4,6H,1H3,(H,14,15). The van der Waals surface area contributed by atoms with Gasteiger partial charge in [-0.2, -0.15) is 5.26 Å². The first-order chi connectivity index (χ1) is 7.69. The maximum atomic E-state index is 8.97. The molecule has 1 aromatic heterocycles. The van der Waals surface area contributed by atoms with Crippen LogP contribution in [-0.4, -0.2) is 4.98 Å². The lowest BCUT2D eigenvalue weighted by Crippen LogP contribution is -1.92. The number of nitriles is 1. The lowest BCUT2D eigenvalue weighted by molar-refractivity contribution is 1.36. The van der Waals surface area contributed by atoms with Crippen LogP contribution in [0.5, 0.6) is 0 Å². The maximum Gasteiger partial charge on any atom is 0.187 e. The first-order valence-corrected chi connectivity index (χ1v) is 6.19. The van der Waals surface area contributed by atoms with Gasteiger partial charge >= 0.3 is 0 Å². The predicted molar refractivity (Wildman–Crippen MR) is 69.0 cm³/mol. The summed E-state index contributed by atoms with van der Waals surface area (Å²) in [5.74, 6) is 0. The predicted octanol–water partition coefficient (Wildman–Crippen LogP) is 3.83. The number of benzene rings is 1. The molecule has 80 valence electrons. The number of hydrogen-bond donors (Lipinski definition) is 1. The molecule has 1 N–H and O–H groups in total. The average molecular weight is 294 g/mol. The first kappa shape index (κ1) is 11.1. The number of aromatic nitrogens is 1. The molecule has 16 heavy (non-hydrogen) atoms. The number of halogens is 1. The summed E-state index contributed by atoms with van der Waals surface area (Å²) in [6, 6.07) is 7.63. The van der Waals surface area contributed by atoms with Crippen LogP contribution in [0.25, 0.3) is 0 Å². The van der Waals surface area contributed by atoms with Gasteiger partial charge in [-0.15, -0.1) is 11.3 Å². The molecular weight excluding hydrogens is 286 g/mol. The van der Waals surface area contributed by atoms with Crippen LogP contribution in [0.15, 0.2) is 28.9 Å². The Morgan fingerprint density at radius 2 is 2.31 bits per heavy atom. The summed E-state index contributed by atoms with van der Waals surface area (Å²) in [5.41, 5.74) is 1.38. The number of rotatable bonds is 2. The fraction of sp³-hybridized carbons (Fsp3) is 0.0909. The Hall–Kier alpha value is -1.38. The van der Waals surface area contributed by atoms with Crippen molar-refractivity contribution in [3.05, 3.63) is 39.3 Å². The molecule has 0 aliphatic rings. The molecule has 2 rings (SSSR count). The van der Waals surface area contributed by atoms with Crippen molar-refractivity contribution in [1.82, 2.24) is 4.98 Å². The Kier molecular flexibility index (Phi) is 3.22. The van der Waals surface area contributed by atoms with E-state index in [4.69, 9.17) is 5.26 Å². The lowest BCUT2D eigenvalue weighted by Gasteiger charge is -2.05. The zero-order valence-corrected chi connectivity index (χ0v) is 10.9. The van der Waals surface area contributed by atoms with E-state index in [0.717, 1.165) is 20.2 Å². The van der Waals surface area contributed by atoms with E-state index in [1.165, 1.54) is 0 Å². The summed E-state index contributed by atoms with van der Waals surface area (Å²) >= 11 is 4.94. The van der Waals surface area contributed by atoms with Gasteiger partial charge in [-0.1, -0.05) is 15.9 Å². The number of nitrogens with zero attached hydrogens (tertiary/aromatic N) is 2. The molecule has 0 bridgehead atoms. The van der Waals surface area contributed by atoms with Crippen LogP contribution >= 0.6 is 27.3 Å². The Bertz CT molecular complexity index is 557. The number of thiazole rings is 1. The average Bonchev–Trinajstić information content (AvgIpc) is 2.64. The quantitative estimate of drug-likeness (QED) is 0.915. The van der Waals surface area contributed by atoms with Gasteiger partial charge in [0.05, 0.1) is 11.3 Å². The van der Waals surface area contributed by atoms with Crippen molar-refractivity contribution < 1.29 is 0 Å².